The summed E-state index contributed by atoms with van der Waals surface area (Å²) in [4.78, 5) is 26.9. The Hall–Kier alpha value is -2.38. The zero-order chi connectivity index (χ0) is 20.9. The molecule has 2 amide bonds. The second-order valence-electron chi connectivity index (χ2n) is 7.43. The van der Waals surface area contributed by atoms with Crippen LogP contribution in [-0.4, -0.2) is 30.1 Å². The summed E-state index contributed by atoms with van der Waals surface area (Å²) in [5.74, 6) is -0.830. The van der Waals surface area contributed by atoms with Gasteiger partial charge in [0.2, 0.25) is 0 Å². The highest BCUT2D eigenvalue weighted by atomic mass is 32.1. The molecular weight excluding hydrogens is 388 g/mol. The van der Waals surface area contributed by atoms with E-state index in [-0.39, 0.29) is 5.41 Å². The first-order valence-electron chi connectivity index (χ1n) is 10.0. The zero-order valence-electron chi connectivity index (χ0n) is 16.9. The molecule has 0 bridgehead atoms. The van der Waals surface area contributed by atoms with Crippen molar-refractivity contribution in [1.82, 2.24) is 5.32 Å². The Labute approximate surface area is 175 Å². The number of amides is 2. The van der Waals surface area contributed by atoms with Crippen molar-refractivity contribution >= 4 is 28.8 Å². The van der Waals surface area contributed by atoms with E-state index in [9.17, 15) is 14.7 Å². The van der Waals surface area contributed by atoms with E-state index in [1.807, 2.05) is 25.1 Å². The maximum atomic E-state index is 12.5. The number of aliphatic hydroxyl groups excluding tert-OH is 1. The van der Waals surface area contributed by atoms with Gasteiger partial charge in [0, 0.05) is 21.7 Å². The van der Waals surface area contributed by atoms with Crippen LogP contribution in [0, 0.1) is 0 Å². The summed E-state index contributed by atoms with van der Waals surface area (Å²) in [5.41, 5.74) is 0.307. The van der Waals surface area contributed by atoms with E-state index in [0.29, 0.717) is 24.6 Å². The van der Waals surface area contributed by atoms with Gasteiger partial charge in [0.15, 0.2) is 0 Å². The number of hydrogen-bond acceptors (Lipinski definition) is 5. The molecule has 1 fully saturated rings. The van der Waals surface area contributed by atoms with Gasteiger partial charge in [-0.25, -0.2) is 0 Å². The topological polar surface area (TPSA) is 87.7 Å². The molecule has 0 aliphatic heterocycles. The van der Waals surface area contributed by atoms with Crippen LogP contribution in [0.15, 0.2) is 36.4 Å². The number of ether oxygens (including phenoxy) is 1. The Morgan fingerprint density at radius 2 is 1.90 bits per heavy atom. The highest BCUT2D eigenvalue weighted by molar-refractivity contribution is 7.12. The van der Waals surface area contributed by atoms with Gasteiger partial charge in [0.25, 0.3) is 0 Å². The minimum atomic E-state index is -0.707. The lowest BCUT2D eigenvalue weighted by atomic mass is 9.84. The van der Waals surface area contributed by atoms with Crippen LogP contribution in [0.1, 0.15) is 55.4 Å². The van der Waals surface area contributed by atoms with E-state index in [0.717, 1.165) is 35.4 Å². The second kappa shape index (κ2) is 9.41. The van der Waals surface area contributed by atoms with Crippen molar-refractivity contribution in [1.29, 1.82) is 0 Å². The fourth-order valence-corrected chi connectivity index (χ4v) is 4.97. The lowest BCUT2D eigenvalue weighted by molar-refractivity contribution is -0.136. The number of carbonyl (C=O) groups is 2. The van der Waals surface area contributed by atoms with E-state index < -0.39 is 17.9 Å². The van der Waals surface area contributed by atoms with E-state index in [1.54, 1.807) is 36.5 Å². The largest absolute Gasteiger partial charge is 0.492 e. The number of aliphatic hydroxyl groups is 1. The van der Waals surface area contributed by atoms with Crippen LogP contribution in [0.25, 0.3) is 0 Å². The van der Waals surface area contributed by atoms with Gasteiger partial charge in [-0.15, -0.1) is 11.3 Å². The molecular formula is C22H28N2O4S. The number of benzene rings is 1. The molecule has 1 aliphatic rings. The molecule has 1 aliphatic carbocycles. The van der Waals surface area contributed by atoms with Gasteiger partial charge < -0.3 is 20.5 Å². The van der Waals surface area contributed by atoms with Crippen LogP contribution in [0.2, 0.25) is 0 Å². The van der Waals surface area contributed by atoms with E-state index in [2.05, 4.69) is 10.6 Å². The first-order chi connectivity index (χ1) is 13.9. The summed E-state index contributed by atoms with van der Waals surface area (Å²) >= 11 is 1.59. The lowest BCUT2D eigenvalue weighted by Crippen LogP contribution is -2.43. The van der Waals surface area contributed by atoms with Crippen LogP contribution in [0.4, 0.5) is 5.69 Å². The van der Waals surface area contributed by atoms with Crippen molar-refractivity contribution in [2.45, 2.75) is 51.0 Å². The van der Waals surface area contributed by atoms with Crippen LogP contribution in [-0.2, 0) is 15.0 Å². The molecule has 1 unspecified atom stereocenters. The Balaban J connectivity index is 1.65. The van der Waals surface area contributed by atoms with Crippen molar-refractivity contribution < 1.29 is 19.4 Å². The molecule has 1 heterocycles. The lowest BCUT2D eigenvalue weighted by Gasteiger charge is -2.28. The average molecular weight is 417 g/mol. The summed E-state index contributed by atoms with van der Waals surface area (Å²) in [7, 11) is 0. The fraction of sp³-hybridized carbons (Fsp3) is 0.455. The molecule has 7 heteroatoms. The van der Waals surface area contributed by atoms with Crippen LogP contribution < -0.4 is 15.4 Å². The molecule has 3 rings (SSSR count). The molecule has 2 aromatic rings. The third-order valence-electron chi connectivity index (χ3n) is 5.35. The average Bonchev–Trinajstić information content (AvgIpc) is 3.38. The summed E-state index contributed by atoms with van der Waals surface area (Å²) in [6.07, 6.45) is 3.60. The molecule has 1 atom stereocenters. The van der Waals surface area contributed by atoms with Crippen molar-refractivity contribution in [3.63, 3.8) is 0 Å². The predicted octanol–water partition coefficient (Wildman–Crippen LogP) is 3.77. The Morgan fingerprint density at radius 1 is 1.17 bits per heavy atom. The van der Waals surface area contributed by atoms with Crippen molar-refractivity contribution in [2.24, 2.45) is 0 Å². The number of rotatable bonds is 7. The number of para-hydroxylation sites is 2. The van der Waals surface area contributed by atoms with Gasteiger partial charge in [-0.1, -0.05) is 25.0 Å². The van der Waals surface area contributed by atoms with Gasteiger partial charge >= 0.3 is 11.8 Å². The molecule has 1 aromatic heterocycles. The van der Waals surface area contributed by atoms with Gasteiger partial charge in [0.1, 0.15) is 5.75 Å². The van der Waals surface area contributed by atoms with Crippen molar-refractivity contribution in [2.75, 3.05) is 18.5 Å². The molecule has 0 spiro atoms. The number of carbonyl (C=O) groups excluding carboxylic acids is 2. The highest BCUT2D eigenvalue weighted by Crippen LogP contribution is 2.44. The first kappa shape index (κ1) is 21.3. The molecule has 156 valence electrons. The maximum absolute atomic E-state index is 12.5. The van der Waals surface area contributed by atoms with Crippen LogP contribution >= 0.6 is 11.3 Å². The summed E-state index contributed by atoms with van der Waals surface area (Å²) in [6, 6.07) is 11.0. The summed E-state index contributed by atoms with van der Waals surface area (Å²) < 4.78 is 5.49. The minimum Gasteiger partial charge on any atom is -0.492 e. The number of hydrogen-bond donors (Lipinski definition) is 3. The predicted molar refractivity (Wildman–Crippen MR) is 114 cm³/mol. The molecule has 0 radical (unpaired) electrons. The number of nitrogens with one attached hydrogen (secondary N) is 2. The van der Waals surface area contributed by atoms with E-state index in [1.165, 1.54) is 0 Å². The molecule has 6 nitrogen and oxygen atoms in total. The Bertz CT molecular complexity index is 856. The molecule has 1 saturated carbocycles. The molecule has 29 heavy (non-hydrogen) atoms. The van der Waals surface area contributed by atoms with Crippen molar-refractivity contribution in [3.05, 3.63) is 46.2 Å². The van der Waals surface area contributed by atoms with Crippen LogP contribution in [0.5, 0.6) is 5.75 Å². The second-order valence-corrected chi connectivity index (χ2v) is 8.55. The van der Waals surface area contributed by atoms with E-state index in [4.69, 9.17) is 4.74 Å². The van der Waals surface area contributed by atoms with Crippen molar-refractivity contribution in [3.8, 4) is 5.75 Å². The fourth-order valence-electron chi connectivity index (χ4n) is 3.78. The molecule has 1 aromatic carbocycles. The summed E-state index contributed by atoms with van der Waals surface area (Å²) in [5, 5.41) is 15.3. The Kier molecular flexibility index (Phi) is 6.92. The smallest absolute Gasteiger partial charge is 0.313 e. The number of thiophene rings is 1. The third-order valence-corrected chi connectivity index (χ3v) is 6.85. The first-order valence-corrected chi connectivity index (χ1v) is 10.9. The standard InChI is InChI=1S/C22H28N2O4S/c1-3-28-17-9-5-4-8-16(17)24-21(27)20(26)23-14-22(12-6-7-13-22)19-11-10-18(29-19)15(2)25/h4-5,8-11,15,25H,3,6-7,12-14H2,1-2H3,(H,23,26)(H,24,27). The SMILES string of the molecule is CCOc1ccccc1NC(=O)C(=O)NCC1(c2ccc(C(C)O)s2)CCCC1. The Morgan fingerprint density at radius 3 is 2.55 bits per heavy atom. The number of anilines is 1. The monoisotopic (exact) mass is 416 g/mol. The minimum absolute atomic E-state index is 0.170. The molecule has 0 saturated heterocycles. The van der Waals surface area contributed by atoms with Gasteiger partial charge in [-0.05, 0) is 51.0 Å². The van der Waals surface area contributed by atoms with E-state index >= 15 is 0 Å². The normalized spacial score (nSPS) is 16.2. The van der Waals surface area contributed by atoms with Crippen LogP contribution in [0.3, 0.4) is 0 Å². The molecule has 3 N–H and O–H groups in total. The van der Waals surface area contributed by atoms with Gasteiger partial charge in [-0.3, -0.25) is 9.59 Å². The third kappa shape index (κ3) is 4.97. The van der Waals surface area contributed by atoms with Gasteiger partial charge in [0.05, 0.1) is 18.4 Å². The maximum Gasteiger partial charge on any atom is 0.313 e. The van der Waals surface area contributed by atoms with Gasteiger partial charge in [-0.2, -0.15) is 0 Å². The summed E-state index contributed by atoms with van der Waals surface area (Å²) in [6.45, 7) is 4.49. The zero-order valence-corrected chi connectivity index (χ0v) is 17.7. The quantitative estimate of drug-likeness (QED) is 0.600. The highest BCUT2D eigenvalue weighted by Gasteiger charge is 2.38.